The molecule has 1 aromatic carbocycles. The molecular weight excluding hydrogens is 417 g/mol. The molecule has 3 rings (SSSR count). The van der Waals surface area contributed by atoms with Crippen molar-refractivity contribution >= 4 is 41.7 Å². The number of rotatable bonds is 6. The number of aliphatic imine (C=N–C) groups is 1. The lowest BCUT2D eigenvalue weighted by Gasteiger charge is -2.19. The van der Waals surface area contributed by atoms with Gasteiger partial charge in [0.1, 0.15) is 0 Å². The summed E-state index contributed by atoms with van der Waals surface area (Å²) < 4.78 is 0. The first-order valence-electron chi connectivity index (χ1n) is 8.40. The fourth-order valence-electron chi connectivity index (χ4n) is 3.13. The summed E-state index contributed by atoms with van der Waals surface area (Å²) in [5, 5.41) is 7.80. The van der Waals surface area contributed by atoms with Crippen molar-refractivity contribution in [3.8, 4) is 0 Å². The molecule has 0 spiro atoms. The summed E-state index contributed by atoms with van der Waals surface area (Å²) in [6, 6.07) is 10.8. The van der Waals surface area contributed by atoms with E-state index in [1.54, 1.807) is 0 Å². The standard InChI is InChI=1S/C18H27N3S.HI/c1-19-17(20-13-16-8-5-11-22-16)21-14-18(9-10-18)12-15-6-3-2-4-7-15;/h2-4,6-7,16H,5,8-14H2,1H3,(H2,19,20,21);1H. The molecule has 0 radical (unpaired) electrons. The average molecular weight is 445 g/mol. The van der Waals surface area contributed by atoms with E-state index in [-0.39, 0.29) is 24.0 Å². The second-order valence-corrected chi connectivity index (χ2v) is 8.01. The zero-order chi connectivity index (χ0) is 15.3. The predicted octanol–water partition coefficient (Wildman–Crippen LogP) is 3.69. The van der Waals surface area contributed by atoms with E-state index in [0.717, 1.165) is 24.3 Å². The number of halogens is 1. The fraction of sp³-hybridized carbons (Fsp3) is 0.611. The van der Waals surface area contributed by atoms with Crippen molar-refractivity contribution in [2.75, 3.05) is 25.9 Å². The third kappa shape index (κ3) is 5.85. The Morgan fingerprint density at radius 3 is 2.65 bits per heavy atom. The first kappa shape index (κ1) is 18.9. The summed E-state index contributed by atoms with van der Waals surface area (Å²) >= 11 is 2.09. The van der Waals surface area contributed by atoms with Gasteiger partial charge < -0.3 is 10.6 Å². The van der Waals surface area contributed by atoms with Gasteiger partial charge in [0.05, 0.1) is 0 Å². The Kier molecular flexibility index (Phi) is 7.53. The minimum atomic E-state index is 0. The van der Waals surface area contributed by atoms with Gasteiger partial charge in [-0.05, 0) is 48.8 Å². The zero-order valence-corrected chi connectivity index (χ0v) is 17.0. The summed E-state index contributed by atoms with van der Waals surface area (Å²) in [6.45, 7) is 2.06. The molecule has 0 bridgehead atoms. The molecule has 128 valence electrons. The Bertz CT molecular complexity index is 496. The van der Waals surface area contributed by atoms with Crippen molar-refractivity contribution < 1.29 is 0 Å². The monoisotopic (exact) mass is 445 g/mol. The SMILES string of the molecule is CN=C(NCC1CCCS1)NCC1(Cc2ccccc2)CC1.I. The Morgan fingerprint density at radius 1 is 1.26 bits per heavy atom. The lowest BCUT2D eigenvalue weighted by atomic mass is 9.96. The van der Waals surface area contributed by atoms with Crippen molar-refractivity contribution in [1.82, 2.24) is 10.6 Å². The summed E-state index contributed by atoms with van der Waals surface area (Å²) in [4.78, 5) is 4.37. The largest absolute Gasteiger partial charge is 0.356 e. The van der Waals surface area contributed by atoms with E-state index in [2.05, 4.69) is 57.7 Å². The molecule has 3 nitrogen and oxygen atoms in total. The van der Waals surface area contributed by atoms with E-state index in [0.29, 0.717) is 5.41 Å². The fourth-order valence-corrected chi connectivity index (χ4v) is 4.33. The highest BCUT2D eigenvalue weighted by Gasteiger charge is 2.42. The van der Waals surface area contributed by atoms with Crippen LogP contribution in [0, 0.1) is 5.41 Å². The molecule has 1 unspecified atom stereocenters. The number of thioether (sulfide) groups is 1. The minimum Gasteiger partial charge on any atom is -0.356 e. The van der Waals surface area contributed by atoms with Gasteiger partial charge in [-0.25, -0.2) is 0 Å². The van der Waals surface area contributed by atoms with Gasteiger partial charge in [0.25, 0.3) is 0 Å². The van der Waals surface area contributed by atoms with Gasteiger partial charge >= 0.3 is 0 Å². The van der Waals surface area contributed by atoms with E-state index in [4.69, 9.17) is 0 Å². The number of hydrogen-bond acceptors (Lipinski definition) is 2. The quantitative estimate of drug-likeness (QED) is 0.399. The van der Waals surface area contributed by atoms with E-state index in [1.807, 2.05) is 7.05 Å². The van der Waals surface area contributed by atoms with Gasteiger partial charge in [-0.3, -0.25) is 4.99 Å². The maximum absolute atomic E-state index is 4.37. The molecule has 1 aliphatic heterocycles. The van der Waals surface area contributed by atoms with Gasteiger partial charge in [-0.1, -0.05) is 30.3 Å². The van der Waals surface area contributed by atoms with Crippen LogP contribution < -0.4 is 10.6 Å². The van der Waals surface area contributed by atoms with Crippen molar-refractivity contribution in [2.45, 2.75) is 37.4 Å². The third-order valence-electron chi connectivity index (χ3n) is 4.75. The molecule has 1 heterocycles. The van der Waals surface area contributed by atoms with Crippen LogP contribution in [-0.2, 0) is 6.42 Å². The Balaban J connectivity index is 0.00000192. The van der Waals surface area contributed by atoms with E-state index in [1.165, 1.54) is 43.4 Å². The number of guanidine groups is 1. The Hall–Kier alpha value is -0.430. The lowest BCUT2D eigenvalue weighted by Crippen LogP contribution is -2.42. The van der Waals surface area contributed by atoms with Crippen LogP contribution in [-0.4, -0.2) is 37.1 Å². The van der Waals surface area contributed by atoms with Crippen molar-refractivity contribution in [1.29, 1.82) is 0 Å². The number of benzene rings is 1. The summed E-state index contributed by atoms with van der Waals surface area (Å²) in [7, 11) is 1.87. The molecule has 1 atom stereocenters. The molecule has 23 heavy (non-hydrogen) atoms. The molecule has 1 aliphatic carbocycles. The summed E-state index contributed by atoms with van der Waals surface area (Å²) in [5.74, 6) is 2.28. The smallest absolute Gasteiger partial charge is 0.191 e. The number of hydrogen-bond donors (Lipinski definition) is 2. The van der Waals surface area contributed by atoms with Crippen molar-refractivity contribution in [3.05, 3.63) is 35.9 Å². The van der Waals surface area contributed by atoms with E-state index >= 15 is 0 Å². The Morgan fingerprint density at radius 2 is 2.04 bits per heavy atom. The maximum Gasteiger partial charge on any atom is 0.191 e. The van der Waals surface area contributed by atoms with Gasteiger partial charge in [0.15, 0.2) is 5.96 Å². The normalized spacial score (nSPS) is 22.3. The molecule has 1 saturated carbocycles. The van der Waals surface area contributed by atoms with Crippen molar-refractivity contribution in [2.24, 2.45) is 10.4 Å². The first-order valence-corrected chi connectivity index (χ1v) is 9.45. The maximum atomic E-state index is 4.37. The van der Waals surface area contributed by atoms with Gasteiger partial charge in [-0.15, -0.1) is 24.0 Å². The second kappa shape index (κ2) is 9.16. The lowest BCUT2D eigenvalue weighted by molar-refractivity contribution is 0.492. The van der Waals surface area contributed by atoms with Crippen LogP contribution in [0.2, 0.25) is 0 Å². The number of nitrogens with zero attached hydrogens (tertiary/aromatic N) is 1. The highest BCUT2D eigenvalue weighted by Crippen LogP contribution is 2.47. The van der Waals surface area contributed by atoms with Crippen LogP contribution in [0.15, 0.2) is 35.3 Å². The van der Waals surface area contributed by atoms with Crippen LogP contribution in [0.1, 0.15) is 31.2 Å². The molecule has 0 aromatic heterocycles. The Labute approximate surface area is 161 Å². The molecule has 1 aromatic rings. The molecular formula is C18H28IN3S. The minimum absolute atomic E-state index is 0. The van der Waals surface area contributed by atoms with Gasteiger partial charge in [-0.2, -0.15) is 11.8 Å². The molecule has 2 N–H and O–H groups in total. The highest BCUT2D eigenvalue weighted by molar-refractivity contribution is 14.0. The van der Waals surface area contributed by atoms with Crippen LogP contribution >= 0.6 is 35.7 Å². The van der Waals surface area contributed by atoms with Crippen LogP contribution in [0.5, 0.6) is 0 Å². The molecule has 2 fully saturated rings. The molecule has 1 saturated heterocycles. The third-order valence-corrected chi connectivity index (χ3v) is 6.15. The van der Waals surface area contributed by atoms with Crippen LogP contribution in [0.4, 0.5) is 0 Å². The van der Waals surface area contributed by atoms with Crippen LogP contribution in [0.3, 0.4) is 0 Å². The molecule has 2 aliphatic rings. The summed E-state index contributed by atoms with van der Waals surface area (Å²) in [5.41, 5.74) is 1.90. The average Bonchev–Trinajstić information content (AvgIpc) is 3.11. The second-order valence-electron chi connectivity index (χ2n) is 6.60. The van der Waals surface area contributed by atoms with Crippen molar-refractivity contribution in [3.63, 3.8) is 0 Å². The zero-order valence-electron chi connectivity index (χ0n) is 13.9. The van der Waals surface area contributed by atoms with Gasteiger partial charge in [0, 0.05) is 25.4 Å². The van der Waals surface area contributed by atoms with Crippen LogP contribution in [0.25, 0.3) is 0 Å². The summed E-state index contributed by atoms with van der Waals surface area (Å²) in [6.07, 6.45) is 6.53. The highest BCUT2D eigenvalue weighted by atomic mass is 127. The number of nitrogens with one attached hydrogen (secondary N) is 2. The van der Waals surface area contributed by atoms with E-state index in [9.17, 15) is 0 Å². The molecule has 0 amide bonds. The predicted molar refractivity (Wildman–Crippen MR) is 112 cm³/mol. The topological polar surface area (TPSA) is 36.4 Å². The van der Waals surface area contributed by atoms with E-state index < -0.39 is 0 Å². The first-order chi connectivity index (χ1) is 10.8. The molecule has 5 heteroatoms. The van der Waals surface area contributed by atoms with Gasteiger partial charge in [0.2, 0.25) is 0 Å².